The zero-order chi connectivity index (χ0) is 19.9. The fourth-order valence-corrected chi connectivity index (χ4v) is 2.84. The van der Waals surface area contributed by atoms with Gasteiger partial charge in [0.25, 0.3) is 0 Å². The highest BCUT2D eigenvalue weighted by Crippen LogP contribution is 2.14. The molecule has 0 fully saturated rings. The second-order valence-electron chi connectivity index (χ2n) is 6.81. The molecule has 0 radical (unpaired) electrons. The van der Waals surface area contributed by atoms with Gasteiger partial charge in [-0.05, 0) is 51.9 Å². The summed E-state index contributed by atoms with van der Waals surface area (Å²) in [6.45, 7) is 13.5. The van der Waals surface area contributed by atoms with Crippen molar-refractivity contribution in [2.75, 3.05) is 33.3 Å². The third-order valence-corrected chi connectivity index (χ3v) is 4.65. The Balaban J connectivity index is 0.00000729. The van der Waals surface area contributed by atoms with E-state index in [1.165, 1.54) is 6.42 Å². The zero-order valence-electron chi connectivity index (χ0n) is 18.3. The van der Waals surface area contributed by atoms with Gasteiger partial charge in [0.2, 0.25) is 5.88 Å². The molecule has 1 aromatic rings. The highest BCUT2D eigenvalue weighted by molar-refractivity contribution is 14.0. The van der Waals surface area contributed by atoms with Crippen LogP contribution < -0.4 is 15.4 Å². The molecule has 0 bridgehead atoms. The number of halogens is 1. The lowest BCUT2D eigenvalue weighted by Crippen LogP contribution is -2.42. The lowest BCUT2D eigenvalue weighted by molar-refractivity contribution is 0.292. The van der Waals surface area contributed by atoms with Gasteiger partial charge in [0.15, 0.2) is 5.96 Å². The Bertz CT molecular complexity index is 537. The van der Waals surface area contributed by atoms with Crippen LogP contribution in [-0.4, -0.2) is 55.2 Å². The lowest BCUT2D eigenvalue weighted by Gasteiger charge is -2.21. The maximum absolute atomic E-state index is 5.81. The van der Waals surface area contributed by atoms with Gasteiger partial charge >= 0.3 is 0 Å². The average molecular weight is 505 g/mol. The molecule has 1 aromatic heterocycles. The van der Waals surface area contributed by atoms with E-state index in [2.05, 4.69) is 53.2 Å². The molecule has 1 unspecified atom stereocenters. The third kappa shape index (κ3) is 11.0. The summed E-state index contributed by atoms with van der Waals surface area (Å²) in [5.41, 5.74) is 1.05. The summed E-state index contributed by atoms with van der Waals surface area (Å²) in [5.74, 6) is 1.52. The predicted molar refractivity (Wildman–Crippen MR) is 130 cm³/mol. The van der Waals surface area contributed by atoms with E-state index in [9.17, 15) is 0 Å². The molecule has 0 aliphatic heterocycles. The normalized spacial score (nSPS) is 12.4. The Labute approximate surface area is 189 Å². The predicted octanol–water partition coefficient (Wildman–Crippen LogP) is 4.05. The third-order valence-electron chi connectivity index (χ3n) is 4.65. The molecule has 0 saturated heterocycles. The van der Waals surface area contributed by atoms with E-state index in [-0.39, 0.29) is 24.0 Å². The molecule has 1 atom stereocenters. The van der Waals surface area contributed by atoms with Crippen molar-refractivity contribution in [2.45, 2.75) is 66.0 Å². The van der Waals surface area contributed by atoms with Crippen LogP contribution >= 0.6 is 24.0 Å². The molecule has 0 amide bonds. The minimum atomic E-state index is 0. The van der Waals surface area contributed by atoms with Crippen LogP contribution in [0.1, 0.15) is 58.9 Å². The highest BCUT2D eigenvalue weighted by atomic mass is 127. The Kier molecular flexibility index (Phi) is 16.2. The molecule has 0 aromatic carbocycles. The molecule has 1 rings (SSSR count). The minimum absolute atomic E-state index is 0. The van der Waals surface area contributed by atoms with Crippen molar-refractivity contribution in [1.82, 2.24) is 20.5 Å². The average Bonchev–Trinajstić information content (AvgIpc) is 2.69. The topological polar surface area (TPSA) is 61.8 Å². The van der Waals surface area contributed by atoms with Gasteiger partial charge in [0, 0.05) is 31.4 Å². The Hall–Kier alpha value is -1.09. The molecule has 0 aliphatic carbocycles. The molecule has 2 N–H and O–H groups in total. The van der Waals surface area contributed by atoms with Crippen LogP contribution in [0.2, 0.25) is 0 Å². The van der Waals surface area contributed by atoms with Gasteiger partial charge < -0.3 is 20.3 Å². The van der Waals surface area contributed by atoms with Gasteiger partial charge in [-0.2, -0.15) is 0 Å². The lowest BCUT2D eigenvalue weighted by atomic mass is 10.2. The Morgan fingerprint density at radius 1 is 1.25 bits per heavy atom. The van der Waals surface area contributed by atoms with E-state index in [0.717, 1.165) is 50.4 Å². The van der Waals surface area contributed by atoms with Crippen molar-refractivity contribution < 1.29 is 4.74 Å². The van der Waals surface area contributed by atoms with E-state index < -0.39 is 0 Å². The second kappa shape index (κ2) is 16.8. The van der Waals surface area contributed by atoms with Crippen LogP contribution in [0.3, 0.4) is 0 Å². The first kappa shape index (κ1) is 26.9. The van der Waals surface area contributed by atoms with Crippen molar-refractivity contribution in [1.29, 1.82) is 0 Å². The summed E-state index contributed by atoms with van der Waals surface area (Å²) in [5, 5.41) is 6.86. The molecule has 1 heterocycles. The van der Waals surface area contributed by atoms with E-state index in [1.54, 1.807) is 13.2 Å². The van der Waals surface area contributed by atoms with Gasteiger partial charge in [-0.3, -0.25) is 4.99 Å². The SMILES string of the molecule is CCCCOc1ncccc1CNC(=NC)NC(C)CCCN(CC)CC.I. The fourth-order valence-electron chi connectivity index (χ4n) is 2.84. The number of ether oxygens (including phenoxy) is 1. The summed E-state index contributed by atoms with van der Waals surface area (Å²) in [4.78, 5) is 11.2. The molecule has 0 spiro atoms. The van der Waals surface area contributed by atoms with Crippen LogP contribution in [0, 0.1) is 0 Å². The maximum Gasteiger partial charge on any atom is 0.218 e. The number of aliphatic imine (C=N–C) groups is 1. The van der Waals surface area contributed by atoms with E-state index >= 15 is 0 Å². The first-order valence-electron chi connectivity index (χ1n) is 10.4. The number of hydrogen-bond donors (Lipinski definition) is 2. The number of unbranched alkanes of at least 4 members (excludes halogenated alkanes) is 1. The number of nitrogens with one attached hydrogen (secondary N) is 2. The molecule has 0 saturated carbocycles. The molecular weight excluding hydrogens is 465 g/mol. The fraction of sp³-hybridized carbons (Fsp3) is 0.714. The molecule has 162 valence electrons. The summed E-state index contributed by atoms with van der Waals surface area (Å²) in [6.07, 6.45) is 6.23. The largest absolute Gasteiger partial charge is 0.477 e. The van der Waals surface area contributed by atoms with Gasteiger partial charge in [-0.1, -0.05) is 33.3 Å². The standard InChI is InChI=1S/C21H39N5O.HI/c1-6-9-16-27-20-19(13-10-14-23-20)17-24-21(22-5)25-18(4)12-11-15-26(7-2)8-3;/h10,13-14,18H,6-9,11-12,15-17H2,1-5H3,(H2,22,24,25);1H. The number of guanidine groups is 1. The number of rotatable bonds is 13. The summed E-state index contributed by atoms with van der Waals surface area (Å²) < 4.78 is 5.81. The van der Waals surface area contributed by atoms with Crippen molar-refractivity contribution in [3.63, 3.8) is 0 Å². The second-order valence-corrected chi connectivity index (χ2v) is 6.81. The minimum Gasteiger partial charge on any atom is -0.477 e. The van der Waals surface area contributed by atoms with E-state index in [1.807, 2.05) is 12.1 Å². The van der Waals surface area contributed by atoms with Crippen molar-refractivity contribution >= 4 is 29.9 Å². The van der Waals surface area contributed by atoms with Crippen LogP contribution in [0.15, 0.2) is 23.3 Å². The smallest absolute Gasteiger partial charge is 0.218 e. The summed E-state index contributed by atoms with van der Waals surface area (Å²) >= 11 is 0. The van der Waals surface area contributed by atoms with E-state index in [4.69, 9.17) is 4.74 Å². The van der Waals surface area contributed by atoms with Crippen LogP contribution in [-0.2, 0) is 6.54 Å². The van der Waals surface area contributed by atoms with Crippen LogP contribution in [0.5, 0.6) is 5.88 Å². The number of hydrogen-bond acceptors (Lipinski definition) is 4. The number of nitrogens with zero attached hydrogens (tertiary/aromatic N) is 3. The van der Waals surface area contributed by atoms with Crippen molar-refractivity contribution in [3.05, 3.63) is 23.9 Å². The molecule has 0 aliphatic rings. The van der Waals surface area contributed by atoms with Gasteiger partial charge in [-0.15, -0.1) is 24.0 Å². The molecule has 7 heteroatoms. The van der Waals surface area contributed by atoms with Crippen molar-refractivity contribution in [2.24, 2.45) is 4.99 Å². The quantitative estimate of drug-likeness (QED) is 0.183. The highest BCUT2D eigenvalue weighted by Gasteiger charge is 2.09. The van der Waals surface area contributed by atoms with Crippen LogP contribution in [0.4, 0.5) is 0 Å². The summed E-state index contributed by atoms with van der Waals surface area (Å²) in [7, 11) is 1.81. The zero-order valence-corrected chi connectivity index (χ0v) is 20.7. The number of pyridine rings is 1. The van der Waals surface area contributed by atoms with E-state index in [0.29, 0.717) is 25.1 Å². The molecular formula is C21H40IN5O. The maximum atomic E-state index is 5.81. The first-order chi connectivity index (χ1) is 13.1. The van der Waals surface area contributed by atoms with Crippen LogP contribution in [0.25, 0.3) is 0 Å². The molecule has 6 nitrogen and oxygen atoms in total. The van der Waals surface area contributed by atoms with Crippen molar-refractivity contribution in [3.8, 4) is 5.88 Å². The Morgan fingerprint density at radius 3 is 2.64 bits per heavy atom. The summed E-state index contributed by atoms with van der Waals surface area (Å²) in [6, 6.07) is 4.36. The van der Waals surface area contributed by atoms with Gasteiger partial charge in [0.05, 0.1) is 6.61 Å². The molecule has 28 heavy (non-hydrogen) atoms. The Morgan fingerprint density at radius 2 is 2.00 bits per heavy atom. The van der Waals surface area contributed by atoms with Gasteiger partial charge in [0.1, 0.15) is 0 Å². The monoisotopic (exact) mass is 505 g/mol. The van der Waals surface area contributed by atoms with Gasteiger partial charge in [-0.25, -0.2) is 4.98 Å². The number of aromatic nitrogens is 1. The first-order valence-corrected chi connectivity index (χ1v) is 10.4.